The molecule has 0 unspecified atom stereocenters. The van der Waals surface area contributed by atoms with E-state index in [0.717, 1.165) is 48.4 Å². The Balaban J connectivity index is 1.92. The molecular formula is C22H25FN2OS. The highest BCUT2D eigenvalue weighted by Crippen LogP contribution is 2.22. The lowest BCUT2D eigenvalue weighted by Gasteiger charge is -2.09. The third-order valence-corrected chi connectivity index (χ3v) is 5.35. The van der Waals surface area contributed by atoms with Crippen LogP contribution in [0.3, 0.4) is 0 Å². The van der Waals surface area contributed by atoms with Gasteiger partial charge in [0, 0.05) is 18.5 Å². The van der Waals surface area contributed by atoms with Gasteiger partial charge in [0.1, 0.15) is 5.82 Å². The van der Waals surface area contributed by atoms with Crippen molar-refractivity contribution in [3.8, 4) is 11.3 Å². The number of halogens is 1. The van der Waals surface area contributed by atoms with Gasteiger partial charge in [-0.05, 0) is 49.6 Å². The number of aliphatic hydroxyl groups is 1. The van der Waals surface area contributed by atoms with Crippen molar-refractivity contribution >= 4 is 17.0 Å². The lowest BCUT2D eigenvalue weighted by molar-refractivity contribution is 0.282. The number of hydrogen-bond donors (Lipinski definition) is 1. The molecule has 0 saturated heterocycles. The van der Waals surface area contributed by atoms with Gasteiger partial charge in [-0.1, -0.05) is 42.7 Å². The van der Waals surface area contributed by atoms with Crippen LogP contribution in [0.2, 0.25) is 0 Å². The average molecular weight is 385 g/mol. The third-order valence-electron chi connectivity index (χ3n) is 4.49. The van der Waals surface area contributed by atoms with Gasteiger partial charge in [0.15, 0.2) is 4.80 Å². The van der Waals surface area contributed by atoms with E-state index in [0.29, 0.717) is 0 Å². The summed E-state index contributed by atoms with van der Waals surface area (Å²) in [6.45, 7) is 3.21. The van der Waals surface area contributed by atoms with Crippen LogP contribution in [0.25, 0.3) is 11.3 Å². The van der Waals surface area contributed by atoms with E-state index in [-0.39, 0.29) is 12.4 Å². The second-order valence-electron chi connectivity index (χ2n) is 6.65. The first kappa shape index (κ1) is 19.5. The summed E-state index contributed by atoms with van der Waals surface area (Å²) in [5.41, 5.74) is 4.32. The molecule has 5 heteroatoms. The van der Waals surface area contributed by atoms with Crippen molar-refractivity contribution in [2.75, 3.05) is 6.61 Å². The molecule has 0 aliphatic carbocycles. The van der Waals surface area contributed by atoms with Crippen LogP contribution in [0.5, 0.6) is 0 Å². The van der Waals surface area contributed by atoms with Crippen molar-refractivity contribution in [2.24, 2.45) is 4.99 Å². The number of thiazole rings is 1. The van der Waals surface area contributed by atoms with Crippen molar-refractivity contribution in [1.29, 1.82) is 0 Å². The Morgan fingerprint density at radius 1 is 0.963 bits per heavy atom. The van der Waals surface area contributed by atoms with Crippen molar-refractivity contribution in [3.05, 3.63) is 70.1 Å². The fraction of sp³-hybridized carbons (Fsp3) is 0.318. The minimum Gasteiger partial charge on any atom is -0.396 e. The largest absolute Gasteiger partial charge is 0.396 e. The van der Waals surface area contributed by atoms with Gasteiger partial charge in [-0.3, -0.25) is 0 Å². The van der Waals surface area contributed by atoms with Crippen LogP contribution in [-0.4, -0.2) is 16.3 Å². The summed E-state index contributed by atoms with van der Waals surface area (Å²) in [7, 11) is 0. The fourth-order valence-corrected chi connectivity index (χ4v) is 3.91. The Morgan fingerprint density at radius 2 is 1.67 bits per heavy atom. The Labute approximate surface area is 163 Å². The molecule has 0 radical (unpaired) electrons. The molecule has 0 atom stereocenters. The molecule has 1 aromatic heterocycles. The van der Waals surface area contributed by atoms with Crippen LogP contribution in [0.4, 0.5) is 10.1 Å². The van der Waals surface area contributed by atoms with E-state index < -0.39 is 0 Å². The summed E-state index contributed by atoms with van der Waals surface area (Å²) in [4.78, 5) is 5.65. The number of aromatic nitrogens is 1. The van der Waals surface area contributed by atoms with Gasteiger partial charge in [-0.25, -0.2) is 9.38 Å². The standard InChI is InChI=1S/C22H25FN2OS/c1-17-6-8-18(9-7-17)21-16-27-22(24-20-12-10-19(23)11-13-20)25(21)14-4-2-3-5-15-26/h6-13,16,26H,2-5,14-15H2,1H3. The Kier molecular flexibility index (Phi) is 6.96. The van der Waals surface area contributed by atoms with Gasteiger partial charge < -0.3 is 9.67 Å². The van der Waals surface area contributed by atoms with Crippen molar-refractivity contribution < 1.29 is 9.50 Å². The molecule has 1 heterocycles. The molecular weight excluding hydrogens is 359 g/mol. The Bertz CT molecular complexity index is 911. The number of aryl methyl sites for hydroxylation is 1. The minimum atomic E-state index is -0.253. The van der Waals surface area contributed by atoms with Crippen LogP contribution in [0.1, 0.15) is 31.2 Å². The summed E-state index contributed by atoms with van der Waals surface area (Å²) in [6.07, 6.45) is 4.00. The summed E-state index contributed by atoms with van der Waals surface area (Å²) in [5, 5.41) is 11.1. The number of benzene rings is 2. The summed E-state index contributed by atoms with van der Waals surface area (Å²) >= 11 is 1.61. The number of aliphatic hydroxyl groups excluding tert-OH is 1. The first-order chi connectivity index (χ1) is 13.2. The predicted molar refractivity (Wildman–Crippen MR) is 110 cm³/mol. The topological polar surface area (TPSA) is 37.5 Å². The van der Waals surface area contributed by atoms with Crippen LogP contribution >= 0.6 is 11.3 Å². The molecule has 3 rings (SSSR count). The second kappa shape index (κ2) is 9.62. The normalized spacial score (nSPS) is 11.9. The lowest BCUT2D eigenvalue weighted by Crippen LogP contribution is -2.16. The number of unbranched alkanes of at least 4 members (excludes halogenated alkanes) is 3. The smallest absolute Gasteiger partial charge is 0.190 e. The quantitative estimate of drug-likeness (QED) is 0.515. The molecule has 27 heavy (non-hydrogen) atoms. The molecule has 0 amide bonds. The van der Waals surface area contributed by atoms with E-state index in [4.69, 9.17) is 10.1 Å². The lowest BCUT2D eigenvalue weighted by atomic mass is 10.1. The molecule has 0 bridgehead atoms. The Hall–Kier alpha value is -2.24. The third kappa shape index (κ3) is 5.37. The maximum absolute atomic E-state index is 13.2. The molecule has 2 aromatic carbocycles. The monoisotopic (exact) mass is 384 g/mol. The predicted octanol–water partition coefficient (Wildman–Crippen LogP) is 5.45. The average Bonchev–Trinajstić information content (AvgIpc) is 3.06. The van der Waals surface area contributed by atoms with E-state index in [1.54, 1.807) is 23.5 Å². The molecule has 3 nitrogen and oxygen atoms in total. The van der Waals surface area contributed by atoms with Crippen LogP contribution in [-0.2, 0) is 6.54 Å². The molecule has 0 aliphatic heterocycles. The zero-order valence-corrected chi connectivity index (χ0v) is 16.4. The van der Waals surface area contributed by atoms with Crippen molar-refractivity contribution in [2.45, 2.75) is 39.2 Å². The van der Waals surface area contributed by atoms with E-state index >= 15 is 0 Å². The van der Waals surface area contributed by atoms with Crippen LogP contribution < -0.4 is 4.80 Å². The van der Waals surface area contributed by atoms with Gasteiger partial charge in [-0.15, -0.1) is 11.3 Å². The fourth-order valence-electron chi connectivity index (χ4n) is 2.95. The maximum Gasteiger partial charge on any atom is 0.190 e. The van der Waals surface area contributed by atoms with E-state index in [9.17, 15) is 4.39 Å². The summed E-state index contributed by atoms with van der Waals surface area (Å²) in [5.74, 6) is -0.253. The SMILES string of the molecule is Cc1ccc(-c2csc(=Nc3ccc(F)cc3)n2CCCCCCO)cc1. The molecule has 3 aromatic rings. The van der Waals surface area contributed by atoms with Crippen molar-refractivity contribution in [3.63, 3.8) is 0 Å². The van der Waals surface area contributed by atoms with Crippen LogP contribution in [0.15, 0.2) is 58.9 Å². The first-order valence-electron chi connectivity index (χ1n) is 9.34. The highest BCUT2D eigenvalue weighted by atomic mass is 32.1. The first-order valence-corrected chi connectivity index (χ1v) is 10.2. The zero-order chi connectivity index (χ0) is 19.1. The summed E-state index contributed by atoms with van der Waals surface area (Å²) < 4.78 is 15.4. The van der Waals surface area contributed by atoms with Crippen LogP contribution in [0, 0.1) is 12.7 Å². The second-order valence-corrected chi connectivity index (χ2v) is 7.48. The van der Waals surface area contributed by atoms with Crippen molar-refractivity contribution in [1.82, 2.24) is 4.57 Å². The zero-order valence-electron chi connectivity index (χ0n) is 15.6. The molecule has 142 valence electrons. The molecule has 0 fully saturated rings. The van der Waals surface area contributed by atoms with Gasteiger partial charge in [0.2, 0.25) is 0 Å². The number of nitrogens with zero attached hydrogens (tertiary/aromatic N) is 2. The van der Waals surface area contributed by atoms with E-state index in [2.05, 4.69) is 41.1 Å². The molecule has 0 saturated carbocycles. The molecule has 0 spiro atoms. The van der Waals surface area contributed by atoms with Gasteiger partial charge >= 0.3 is 0 Å². The molecule has 1 N–H and O–H groups in total. The number of hydrogen-bond acceptors (Lipinski definition) is 3. The number of rotatable bonds is 8. The van der Waals surface area contributed by atoms with E-state index in [1.807, 2.05) is 0 Å². The van der Waals surface area contributed by atoms with Gasteiger partial charge in [0.05, 0.1) is 11.4 Å². The minimum absolute atomic E-state index is 0.253. The van der Waals surface area contributed by atoms with E-state index in [1.165, 1.54) is 23.3 Å². The highest BCUT2D eigenvalue weighted by Gasteiger charge is 2.08. The maximum atomic E-state index is 13.2. The highest BCUT2D eigenvalue weighted by molar-refractivity contribution is 7.07. The molecule has 0 aliphatic rings. The summed E-state index contributed by atoms with van der Waals surface area (Å²) in [6, 6.07) is 14.8. The van der Waals surface area contributed by atoms with Gasteiger partial charge in [-0.2, -0.15) is 0 Å². The Morgan fingerprint density at radius 3 is 2.37 bits per heavy atom. The van der Waals surface area contributed by atoms with Gasteiger partial charge in [0.25, 0.3) is 0 Å².